The minimum atomic E-state index is -0.403. The Balaban J connectivity index is 1.18. The molecule has 2 fully saturated rings. The molecule has 40 heavy (non-hydrogen) atoms. The number of hydrogen-bond donors (Lipinski definition) is 0. The second-order valence-electron chi connectivity index (χ2n) is 10.2. The van der Waals surface area contributed by atoms with E-state index in [-0.39, 0.29) is 18.4 Å². The summed E-state index contributed by atoms with van der Waals surface area (Å²) in [5.41, 5.74) is 3.41. The summed E-state index contributed by atoms with van der Waals surface area (Å²) in [5, 5.41) is 8.84. The van der Waals surface area contributed by atoms with Gasteiger partial charge >= 0.3 is 0 Å². The molecule has 0 aliphatic carbocycles. The fourth-order valence-electron chi connectivity index (χ4n) is 4.93. The SMILES string of the molecule is Cc1ccc(-c2ccc(N3CCN(C(=O)CN(CCN4CCOCC4)C(=O)c4ccc(F)cc4)CC3)nn2)cc1. The van der Waals surface area contributed by atoms with Crippen LogP contribution in [-0.2, 0) is 9.53 Å². The number of anilines is 1. The topological polar surface area (TPSA) is 82.1 Å². The van der Waals surface area contributed by atoms with Crippen LogP contribution >= 0.6 is 0 Å². The fraction of sp³-hybridized carbons (Fsp3) is 0.400. The average Bonchev–Trinajstić information content (AvgIpc) is 3.00. The van der Waals surface area contributed by atoms with E-state index in [0.29, 0.717) is 58.0 Å². The number of aromatic nitrogens is 2. The van der Waals surface area contributed by atoms with Gasteiger partial charge in [0.25, 0.3) is 5.91 Å². The van der Waals surface area contributed by atoms with Crippen molar-refractivity contribution in [1.82, 2.24) is 24.9 Å². The second kappa shape index (κ2) is 13.0. The molecule has 0 bridgehead atoms. The third-order valence-electron chi connectivity index (χ3n) is 7.45. The van der Waals surface area contributed by atoms with Crippen molar-refractivity contribution in [3.8, 4) is 11.3 Å². The van der Waals surface area contributed by atoms with Gasteiger partial charge in [-0.1, -0.05) is 29.8 Å². The molecule has 0 atom stereocenters. The molecular weight excluding hydrogens is 511 g/mol. The molecule has 3 aromatic rings. The molecule has 0 radical (unpaired) electrons. The minimum Gasteiger partial charge on any atom is -0.379 e. The number of benzene rings is 2. The molecule has 10 heteroatoms. The number of nitrogens with zero attached hydrogens (tertiary/aromatic N) is 6. The summed E-state index contributed by atoms with van der Waals surface area (Å²) in [7, 11) is 0. The Morgan fingerprint density at radius 2 is 1.57 bits per heavy atom. The van der Waals surface area contributed by atoms with Crippen LogP contribution in [0.5, 0.6) is 0 Å². The van der Waals surface area contributed by atoms with Crippen LogP contribution in [0.15, 0.2) is 60.7 Å². The van der Waals surface area contributed by atoms with Crippen molar-refractivity contribution in [3.63, 3.8) is 0 Å². The molecule has 2 amide bonds. The first kappa shape index (κ1) is 27.7. The van der Waals surface area contributed by atoms with Crippen LogP contribution in [0.1, 0.15) is 15.9 Å². The predicted molar refractivity (Wildman–Crippen MR) is 151 cm³/mol. The van der Waals surface area contributed by atoms with E-state index in [1.165, 1.54) is 29.8 Å². The van der Waals surface area contributed by atoms with Crippen LogP contribution < -0.4 is 4.90 Å². The lowest BCUT2D eigenvalue weighted by Gasteiger charge is -2.36. The Bertz CT molecular complexity index is 1270. The van der Waals surface area contributed by atoms with Gasteiger partial charge in [0.05, 0.1) is 18.9 Å². The molecule has 2 saturated heterocycles. The van der Waals surface area contributed by atoms with Crippen molar-refractivity contribution in [2.24, 2.45) is 0 Å². The number of carbonyl (C=O) groups excluding carboxylic acids is 2. The van der Waals surface area contributed by atoms with E-state index in [4.69, 9.17) is 4.74 Å². The van der Waals surface area contributed by atoms with Crippen molar-refractivity contribution in [1.29, 1.82) is 0 Å². The van der Waals surface area contributed by atoms with Crippen molar-refractivity contribution in [3.05, 3.63) is 77.6 Å². The molecule has 2 aromatic carbocycles. The molecule has 0 spiro atoms. The van der Waals surface area contributed by atoms with Crippen LogP contribution in [-0.4, -0.2) is 109 Å². The van der Waals surface area contributed by atoms with E-state index in [0.717, 1.165) is 30.2 Å². The molecule has 2 aliphatic rings. The maximum atomic E-state index is 13.4. The summed E-state index contributed by atoms with van der Waals surface area (Å²) in [6, 6.07) is 17.6. The monoisotopic (exact) mass is 546 g/mol. The Morgan fingerprint density at radius 3 is 2.23 bits per heavy atom. The Kier molecular flexibility index (Phi) is 8.98. The predicted octanol–water partition coefficient (Wildman–Crippen LogP) is 2.71. The molecule has 2 aliphatic heterocycles. The Labute approximate surface area is 234 Å². The smallest absolute Gasteiger partial charge is 0.254 e. The van der Waals surface area contributed by atoms with Crippen LogP contribution in [0.3, 0.4) is 0 Å². The maximum absolute atomic E-state index is 13.4. The summed E-state index contributed by atoms with van der Waals surface area (Å²) in [5.74, 6) is 0.00325. The summed E-state index contributed by atoms with van der Waals surface area (Å²) in [6.07, 6.45) is 0. The molecule has 0 N–H and O–H groups in total. The third kappa shape index (κ3) is 7.00. The minimum absolute atomic E-state index is 0.0222. The normalized spacial score (nSPS) is 16.1. The van der Waals surface area contributed by atoms with Gasteiger partial charge in [-0.05, 0) is 43.3 Å². The lowest BCUT2D eigenvalue weighted by molar-refractivity contribution is -0.132. The standard InChI is InChI=1S/C30H35FN6O3/c1-23-2-4-24(5-3-23)27-10-11-28(33-32-27)35-14-16-36(17-15-35)29(38)22-37(13-12-34-18-20-40-21-19-34)30(39)25-6-8-26(31)9-7-25/h2-11H,12-22H2,1H3. The number of ether oxygens (including phenoxy) is 1. The van der Waals surface area contributed by atoms with Crippen molar-refractivity contribution < 1.29 is 18.7 Å². The van der Waals surface area contributed by atoms with Crippen molar-refractivity contribution >= 4 is 17.6 Å². The number of halogens is 1. The number of amides is 2. The number of morpholine rings is 1. The highest BCUT2D eigenvalue weighted by atomic mass is 19.1. The number of hydrogen-bond acceptors (Lipinski definition) is 7. The summed E-state index contributed by atoms with van der Waals surface area (Å²) in [6.45, 7) is 8.31. The van der Waals surface area contributed by atoms with Gasteiger partial charge in [-0.25, -0.2) is 4.39 Å². The lowest BCUT2D eigenvalue weighted by atomic mass is 10.1. The third-order valence-corrected chi connectivity index (χ3v) is 7.45. The van der Waals surface area contributed by atoms with E-state index in [2.05, 4.69) is 39.1 Å². The average molecular weight is 547 g/mol. The highest BCUT2D eigenvalue weighted by Gasteiger charge is 2.26. The maximum Gasteiger partial charge on any atom is 0.254 e. The summed E-state index contributed by atoms with van der Waals surface area (Å²) >= 11 is 0. The van der Waals surface area contributed by atoms with Gasteiger partial charge in [0.15, 0.2) is 5.82 Å². The van der Waals surface area contributed by atoms with E-state index in [9.17, 15) is 14.0 Å². The number of aryl methyl sites for hydroxylation is 1. The number of rotatable bonds is 8. The first-order chi connectivity index (χ1) is 19.5. The first-order valence-corrected chi connectivity index (χ1v) is 13.7. The molecule has 210 valence electrons. The quantitative estimate of drug-likeness (QED) is 0.430. The van der Waals surface area contributed by atoms with Gasteiger partial charge in [0, 0.05) is 63.5 Å². The van der Waals surface area contributed by atoms with Crippen molar-refractivity contribution in [2.45, 2.75) is 6.92 Å². The van der Waals surface area contributed by atoms with E-state index in [1.807, 2.05) is 24.3 Å². The molecule has 0 unspecified atom stereocenters. The molecule has 9 nitrogen and oxygen atoms in total. The van der Waals surface area contributed by atoms with E-state index >= 15 is 0 Å². The molecule has 3 heterocycles. The lowest BCUT2D eigenvalue weighted by Crippen LogP contribution is -2.53. The molecular formula is C30H35FN6O3. The zero-order valence-corrected chi connectivity index (χ0v) is 22.8. The van der Waals surface area contributed by atoms with Crippen LogP contribution in [0, 0.1) is 12.7 Å². The van der Waals surface area contributed by atoms with Gasteiger partial charge in [-0.3, -0.25) is 14.5 Å². The van der Waals surface area contributed by atoms with Gasteiger partial charge in [-0.2, -0.15) is 0 Å². The number of piperazine rings is 1. The van der Waals surface area contributed by atoms with Gasteiger partial charge in [-0.15, -0.1) is 10.2 Å². The van der Waals surface area contributed by atoms with Gasteiger partial charge < -0.3 is 19.4 Å². The Hall–Kier alpha value is -3.89. The largest absolute Gasteiger partial charge is 0.379 e. The molecule has 5 rings (SSSR count). The zero-order valence-electron chi connectivity index (χ0n) is 22.8. The zero-order chi connectivity index (χ0) is 27.9. The van der Waals surface area contributed by atoms with Crippen LogP contribution in [0.4, 0.5) is 10.2 Å². The van der Waals surface area contributed by atoms with E-state index < -0.39 is 5.82 Å². The Morgan fingerprint density at radius 1 is 0.875 bits per heavy atom. The van der Waals surface area contributed by atoms with Gasteiger partial charge in [0.2, 0.25) is 5.91 Å². The highest BCUT2D eigenvalue weighted by Crippen LogP contribution is 2.20. The fourth-order valence-corrected chi connectivity index (χ4v) is 4.93. The van der Waals surface area contributed by atoms with Gasteiger partial charge in [0.1, 0.15) is 12.4 Å². The molecule has 1 aromatic heterocycles. The van der Waals surface area contributed by atoms with Crippen molar-refractivity contribution in [2.75, 3.05) is 77.0 Å². The summed E-state index contributed by atoms with van der Waals surface area (Å²) < 4.78 is 18.9. The second-order valence-corrected chi connectivity index (χ2v) is 10.2. The summed E-state index contributed by atoms with van der Waals surface area (Å²) in [4.78, 5) is 34.3. The highest BCUT2D eigenvalue weighted by molar-refractivity contribution is 5.96. The van der Waals surface area contributed by atoms with Crippen LogP contribution in [0.2, 0.25) is 0 Å². The first-order valence-electron chi connectivity index (χ1n) is 13.7. The molecule has 0 saturated carbocycles. The van der Waals surface area contributed by atoms with Crippen LogP contribution in [0.25, 0.3) is 11.3 Å². The number of carbonyl (C=O) groups is 2. The van der Waals surface area contributed by atoms with E-state index in [1.54, 1.807) is 9.80 Å².